The summed E-state index contributed by atoms with van der Waals surface area (Å²) in [6.07, 6.45) is 0. The first-order valence-corrected chi connectivity index (χ1v) is 20.9. The van der Waals surface area contributed by atoms with Gasteiger partial charge in [-0.05, 0) is 47.9 Å². The van der Waals surface area contributed by atoms with Crippen LogP contribution in [0.3, 0.4) is 0 Å². The summed E-state index contributed by atoms with van der Waals surface area (Å²) in [5.74, 6) is 0.793. The Morgan fingerprint density at radius 3 is 1.21 bits per heavy atom. The second-order valence-corrected chi connectivity index (χ2v) is 20.4. The van der Waals surface area contributed by atoms with E-state index in [1.807, 2.05) is 38.1 Å². The van der Waals surface area contributed by atoms with Gasteiger partial charge in [-0.15, -0.1) is 81.2 Å². The molecule has 2 N–H and O–H groups in total. The van der Waals surface area contributed by atoms with Gasteiger partial charge in [-0.2, -0.15) is 10.4 Å². The number of fused-ring (bicyclic) bond motifs is 2. The number of aryl methyl sites for hydroxylation is 4. The van der Waals surface area contributed by atoms with Gasteiger partial charge >= 0.3 is 26.2 Å². The average Bonchev–Trinajstić information content (AvgIpc) is 3.62. The molecule has 272 valence electrons. The van der Waals surface area contributed by atoms with Crippen LogP contribution < -0.4 is 15.6 Å². The number of phenolic OH excluding ortho intramolecular Hbond substituents is 2. The second kappa shape index (κ2) is 16.6. The van der Waals surface area contributed by atoms with Crippen LogP contribution in [0, 0.1) is 27.7 Å². The maximum Gasteiger partial charge on any atom is 2.00 e. The van der Waals surface area contributed by atoms with Crippen LogP contribution in [-0.4, -0.2) is 18.3 Å². The van der Waals surface area contributed by atoms with Crippen molar-refractivity contribution >= 4 is 45.2 Å². The van der Waals surface area contributed by atoms with E-state index in [2.05, 4.69) is 153 Å². The van der Waals surface area contributed by atoms with Crippen molar-refractivity contribution in [1.29, 1.82) is 0 Å². The standard InChI is InChI=1S/C27H24Si.2C11H16O.Zr/c1-19-17-21-11-7-9-15-24(21)26(19)28(3,23-13-5-4-6-14-23)27-20(2)18-22-12-8-10-16-25(22)27;2*1-8-5-6-10(12)9(7-8)11(2,3)4;/h4-18H,1-3H3;2*5-7,12H,1-4H3;/q-2;;;+2. The van der Waals surface area contributed by atoms with Gasteiger partial charge in [0.2, 0.25) is 0 Å². The van der Waals surface area contributed by atoms with Crippen LogP contribution in [0.2, 0.25) is 6.55 Å². The van der Waals surface area contributed by atoms with Gasteiger partial charge in [-0.25, -0.2) is 0 Å². The SMILES string of the molecule is Cc1[cH-]c2ccccc2c1[Si](C)(c1ccccc1)c1c(C)[cH-]c2ccccc12.Cc1ccc(O)c(C(C)(C)C)c1.Cc1ccc(O)c(C(C)(C)C)c1.[Zr+2]. The predicted octanol–water partition coefficient (Wildman–Crippen LogP) is 11.1. The molecule has 0 saturated heterocycles. The first kappa shape index (κ1) is 41.8. The fraction of sp³-hybridized carbons (Fsp3) is 0.265. The van der Waals surface area contributed by atoms with Gasteiger partial charge in [0.25, 0.3) is 0 Å². The molecule has 0 fully saturated rings. The molecule has 0 bridgehead atoms. The molecule has 0 saturated carbocycles. The third kappa shape index (κ3) is 9.05. The Labute approximate surface area is 338 Å². The van der Waals surface area contributed by atoms with Crippen LogP contribution in [0.25, 0.3) is 21.5 Å². The molecule has 0 radical (unpaired) electrons. The molecule has 53 heavy (non-hydrogen) atoms. The average molecular weight is 796 g/mol. The van der Waals surface area contributed by atoms with Crippen molar-refractivity contribution < 1.29 is 36.4 Å². The molecule has 0 aromatic heterocycles. The van der Waals surface area contributed by atoms with Gasteiger partial charge in [0, 0.05) is 8.07 Å². The molecule has 7 aromatic rings. The van der Waals surface area contributed by atoms with E-state index in [0.29, 0.717) is 11.5 Å². The van der Waals surface area contributed by atoms with E-state index < -0.39 is 8.07 Å². The van der Waals surface area contributed by atoms with Gasteiger partial charge in [0.15, 0.2) is 0 Å². The molecule has 7 aromatic carbocycles. The number of rotatable bonds is 3. The monoisotopic (exact) mass is 794 g/mol. The number of benzene rings is 5. The van der Waals surface area contributed by atoms with Crippen molar-refractivity contribution in [3.8, 4) is 11.5 Å². The molecule has 0 unspecified atom stereocenters. The summed E-state index contributed by atoms with van der Waals surface area (Å²) >= 11 is 0. The Morgan fingerprint density at radius 2 is 0.849 bits per heavy atom. The number of hydrogen-bond donors (Lipinski definition) is 2. The van der Waals surface area contributed by atoms with Crippen LogP contribution in [0.15, 0.2) is 127 Å². The van der Waals surface area contributed by atoms with Crippen molar-refractivity contribution in [2.24, 2.45) is 0 Å². The molecule has 0 heterocycles. The summed E-state index contributed by atoms with van der Waals surface area (Å²) in [6.45, 7) is 23.8. The molecule has 4 heteroatoms. The topological polar surface area (TPSA) is 40.5 Å². The Kier molecular flexibility index (Phi) is 13.1. The quantitative estimate of drug-likeness (QED) is 0.138. The number of aromatic hydroxyl groups is 2. The van der Waals surface area contributed by atoms with E-state index in [4.69, 9.17) is 0 Å². The molecule has 0 spiro atoms. The zero-order valence-corrected chi connectivity index (χ0v) is 37.0. The van der Waals surface area contributed by atoms with Crippen LogP contribution >= 0.6 is 0 Å². The minimum Gasteiger partial charge on any atom is -0.508 e. The predicted molar refractivity (Wildman–Crippen MR) is 229 cm³/mol. The van der Waals surface area contributed by atoms with E-state index >= 15 is 0 Å². The van der Waals surface area contributed by atoms with Crippen molar-refractivity contribution in [3.05, 3.63) is 161 Å². The zero-order valence-electron chi connectivity index (χ0n) is 33.5. The van der Waals surface area contributed by atoms with Gasteiger partial charge in [0.1, 0.15) is 11.5 Å². The third-order valence-electron chi connectivity index (χ3n) is 10.3. The Morgan fingerprint density at radius 1 is 0.491 bits per heavy atom. The molecule has 0 aliphatic rings. The smallest absolute Gasteiger partial charge is 0.508 e. The minimum atomic E-state index is -2.19. The maximum absolute atomic E-state index is 9.57. The third-order valence-corrected chi connectivity index (χ3v) is 15.1. The van der Waals surface area contributed by atoms with E-state index in [0.717, 1.165) is 11.1 Å². The van der Waals surface area contributed by atoms with Gasteiger partial charge < -0.3 is 10.2 Å². The molecule has 2 nitrogen and oxygen atoms in total. The van der Waals surface area contributed by atoms with Crippen LogP contribution in [0.5, 0.6) is 11.5 Å². The van der Waals surface area contributed by atoms with Crippen molar-refractivity contribution in [1.82, 2.24) is 0 Å². The molecule has 7 rings (SSSR count). The Balaban J connectivity index is 0.000000209. The van der Waals surface area contributed by atoms with Crippen molar-refractivity contribution in [3.63, 3.8) is 0 Å². The summed E-state index contributed by atoms with van der Waals surface area (Å²) in [4.78, 5) is 0. The van der Waals surface area contributed by atoms with E-state index in [-0.39, 0.29) is 37.0 Å². The largest absolute Gasteiger partial charge is 2.00 e. The summed E-state index contributed by atoms with van der Waals surface area (Å²) < 4.78 is 0. The molecule has 0 amide bonds. The molecular formula is C49H56O2SiZr. The zero-order chi connectivity index (χ0) is 38.0. The summed E-state index contributed by atoms with van der Waals surface area (Å²) in [5, 5.41) is 29.3. The minimum absolute atomic E-state index is 0. The maximum atomic E-state index is 9.57. The Hall–Kier alpha value is -3.98. The first-order valence-electron chi connectivity index (χ1n) is 18.4. The molecule has 0 aliphatic heterocycles. The van der Waals surface area contributed by atoms with Gasteiger partial charge in [0.05, 0.1) is 0 Å². The fourth-order valence-electron chi connectivity index (χ4n) is 7.75. The van der Waals surface area contributed by atoms with Crippen molar-refractivity contribution in [2.45, 2.75) is 86.6 Å². The molecule has 0 atom stereocenters. The van der Waals surface area contributed by atoms with E-state index in [1.54, 1.807) is 22.5 Å². The van der Waals surface area contributed by atoms with Crippen molar-refractivity contribution in [2.75, 3.05) is 0 Å². The van der Waals surface area contributed by atoms with Gasteiger partial charge in [-0.3, -0.25) is 0 Å². The first-order chi connectivity index (χ1) is 24.4. The molecular weight excluding hydrogens is 740 g/mol. The number of hydrogen-bond acceptors (Lipinski definition) is 2. The van der Waals surface area contributed by atoms with E-state index in [1.165, 1.54) is 49.0 Å². The summed E-state index contributed by atoms with van der Waals surface area (Å²) in [7, 11) is -2.19. The number of phenols is 2. The summed E-state index contributed by atoms with van der Waals surface area (Å²) in [6, 6.07) is 45.2. The summed E-state index contributed by atoms with van der Waals surface area (Å²) in [5.41, 5.74) is 7.31. The second-order valence-electron chi connectivity index (χ2n) is 16.6. The van der Waals surface area contributed by atoms with E-state index in [9.17, 15) is 10.2 Å². The normalized spacial score (nSPS) is 11.7. The van der Waals surface area contributed by atoms with Gasteiger partial charge in [-0.1, -0.05) is 145 Å². The fourth-order valence-corrected chi connectivity index (χ4v) is 12.7. The Bertz CT molecular complexity index is 2150. The molecule has 0 aliphatic carbocycles. The van der Waals surface area contributed by atoms with Crippen LogP contribution in [-0.2, 0) is 37.0 Å². The van der Waals surface area contributed by atoms with Crippen LogP contribution in [0.1, 0.15) is 74.9 Å². The van der Waals surface area contributed by atoms with Crippen LogP contribution in [0.4, 0.5) is 0 Å².